The zero-order valence-corrected chi connectivity index (χ0v) is 15.0. The Kier molecular flexibility index (Phi) is 5.37. The standard InChI is InChI=1S/C20H15Cl2NO2/c1-2-19(24)25-18-5-3-4-14-8-11-16(23-20(14)18)10-7-13-6-9-15(21)12-17(13)22/h3-12H,2H2,1H3/b10-7+. The van der Waals surface area contributed by atoms with Crippen LogP contribution in [0.5, 0.6) is 5.75 Å². The van der Waals surface area contributed by atoms with E-state index in [1.807, 2.05) is 42.5 Å². The van der Waals surface area contributed by atoms with Gasteiger partial charge in [-0.1, -0.05) is 60.5 Å². The molecule has 0 saturated heterocycles. The molecular weight excluding hydrogens is 357 g/mol. The molecule has 1 aromatic heterocycles. The first-order valence-corrected chi connectivity index (χ1v) is 8.56. The number of para-hydroxylation sites is 1. The zero-order chi connectivity index (χ0) is 17.8. The molecule has 2 aromatic carbocycles. The van der Waals surface area contributed by atoms with Gasteiger partial charge in [-0.2, -0.15) is 0 Å². The number of nitrogens with zero attached hydrogens (tertiary/aromatic N) is 1. The lowest BCUT2D eigenvalue weighted by Gasteiger charge is -2.07. The molecular formula is C20H15Cl2NO2. The SMILES string of the molecule is CCC(=O)Oc1cccc2ccc(/C=C/c3ccc(Cl)cc3Cl)nc12. The van der Waals surface area contributed by atoms with Crippen molar-refractivity contribution in [2.75, 3.05) is 0 Å². The van der Waals surface area contributed by atoms with E-state index < -0.39 is 0 Å². The summed E-state index contributed by atoms with van der Waals surface area (Å²) in [5.74, 6) is 0.173. The highest BCUT2D eigenvalue weighted by atomic mass is 35.5. The third kappa shape index (κ3) is 4.19. The lowest BCUT2D eigenvalue weighted by molar-refractivity contribution is -0.133. The molecule has 126 valence electrons. The fourth-order valence-corrected chi connectivity index (χ4v) is 2.79. The molecule has 0 amide bonds. The van der Waals surface area contributed by atoms with Gasteiger partial charge in [0.1, 0.15) is 5.52 Å². The first-order chi connectivity index (χ1) is 12.1. The Morgan fingerprint density at radius 1 is 1.12 bits per heavy atom. The van der Waals surface area contributed by atoms with Gasteiger partial charge in [0.05, 0.1) is 5.69 Å². The summed E-state index contributed by atoms with van der Waals surface area (Å²) in [4.78, 5) is 16.2. The average molecular weight is 372 g/mol. The Bertz CT molecular complexity index is 967. The first kappa shape index (κ1) is 17.5. The van der Waals surface area contributed by atoms with Crippen molar-refractivity contribution in [1.82, 2.24) is 4.98 Å². The zero-order valence-electron chi connectivity index (χ0n) is 13.5. The lowest BCUT2D eigenvalue weighted by atomic mass is 10.1. The number of esters is 1. The van der Waals surface area contributed by atoms with Crippen LogP contribution in [0.2, 0.25) is 10.0 Å². The molecule has 0 unspecified atom stereocenters. The van der Waals surface area contributed by atoms with Gasteiger partial charge in [-0.25, -0.2) is 4.98 Å². The van der Waals surface area contributed by atoms with E-state index in [1.54, 1.807) is 25.1 Å². The monoisotopic (exact) mass is 371 g/mol. The largest absolute Gasteiger partial charge is 0.424 e. The summed E-state index contributed by atoms with van der Waals surface area (Å²) in [7, 11) is 0. The van der Waals surface area contributed by atoms with E-state index in [0.29, 0.717) is 27.7 Å². The van der Waals surface area contributed by atoms with Crippen molar-refractivity contribution in [3.05, 3.63) is 69.8 Å². The van der Waals surface area contributed by atoms with E-state index in [9.17, 15) is 4.79 Å². The predicted octanol–water partition coefficient (Wildman–Crippen LogP) is 6.03. The van der Waals surface area contributed by atoms with Gasteiger partial charge in [0.2, 0.25) is 0 Å². The number of halogens is 2. The van der Waals surface area contributed by atoms with Crippen LogP contribution in [0.15, 0.2) is 48.5 Å². The quantitative estimate of drug-likeness (QED) is 0.415. The van der Waals surface area contributed by atoms with E-state index in [1.165, 1.54) is 0 Å². The van der Waals surface area contributed by atoms with E-state index >= 15 is 0 Å². The van der Waals surface area contributed by atoms with E-state index in [0.717, 1.165) is 16.6 Å². The molecule has 0 bridgehead atoms. The van der Waals surface area contributed by atoms with Crippen LogP contribution < -0.4 is 4.74 Å². The van der Waals surface area contributed by atoms with Crippen LogP contribution in [0.4, 0.5) is 0 Å². The van der Waals surface area contributed by atoms with Crippen LogP contribution >= 0.6 is 23.2 Å². The number of hydrogen-bond acceptors (Lipinski definition) is 3. The topological polar surface area (TPSA) is 39.2 Å². The third-order valence-electron chi connectivity index (χ3n) is 3.61. The Balaban J connectivity index is 1.95. The Hall–Kier alpha value is -2.36. The van der Waals surface area contributed by atoms with Crippen molar-refractivity contribution in [3.63, 3.8) is 0 Å². The molecule has 0 radical (unpaired) electrons. The highest BCUT2D eigenvalue weighted by molar-refractivity contribution is 6.35. The maximum Gasteiger partial charge on any atom is 0.310 e. The summed E-state index contributed by atoms with van der Waals surface area (Å²) in [6.45, 7) is 1.75. The van der Waals surface area contributed by atoms with Crippen LogP contribution in [0.25, 0.3) is 23.1 Å². The summed E-state index contributed by atoms with van der Waals surface area (Å²) in [6, 6.07) is 14.7. The number of hydrogen-bond donors (Lipinski definition) is 0. The van der Waals surface area contributed by atoms with Crippen molar-refractivity contribution in [3.8, 4) is 5.75 Å². The average Bonchev–Trinajstić information content (AvgIpc) is 2.61. The number of aromatic nitrogens is 1. The number of ether oxygens (including phenoxy) is 1. The predicted molar refractivity (Wildman–Crippen MR) is 103 cm³/mol. The number of carbonyl (C=O) groups is 1. The highest BCUT2D eigenvalue weighted by Gasteiger charge is 2.08. The van der Waals surface area contributed by atoms with Gasteiger partial charge in [-0.15, -0.1) is 0 Å². The third-order valence-corrected chi connectivity index (χ3v) is 4.18. The van der Waals surface area contributed by atoms with E-state index in [2.05, 4.69) is 4.98 Å². The summed E-state index contributed by atoms with van der Waals surface area (Å²) in [5, 5.41) is 2.07. The van der Waals surface area contributed by atoms with Gasteiger partial charge >= 0.3 is 5.97 Å². The number of benzene rings is 2. The molecule has 0 saturated carbocycles. The molecule has 3 nitrogen and oxygen atoms in total. The van der Waals surface area contributed by atoms with Gasteiger partial charge in [0.25, 0.3) is 0 Å². The van der Waals surface area contributed by atoms with Crippen molar-refractivity contribution in [1.29, 1.82) is 0 Å². The van der Waals surface area contributed by atoms with E-state index in [4.69, 9.17) is 27.9 Å². The van der Waals surface area contributed by atoms with Crippen molar-refractivity contribution < 1.29 is 9.53 Å². The van der Waals surface area contributed by atoms with Gasteiger partial charge in [-0.3, -0.25) is 4.79 Å². The lowest BCUT2D eigenvalue weighted by Crippen LogP contribution is -2.06. The molecule has 0 spiro atoms. The molecule has 0 fully saturated rings. The Morgan fingerprint density at radius 3 is 2.72 bits per heavy atom. The molecule has 25 heavy (non-hydrogen) atoms. The van der Waals surface area contributed by atoms with Crippen molar-refractivity contribution >= 4 is 52.2 Å². The van der Waals surface area contributed by atoms with Gasteiger partial charge in [-0.05, 0) is 35.9 Å². The fourth-order valence-electron chi connectivity index (χ4n) is 2.32. The van der Waals surface area contributed by atoms with Gasteiger partial charge < -0.3 is 4.74 Å². The van der Waals surface area contributed by atoms with Crippen LogP contribution in [0.3, 0.4) is 0 Å². The second kappa shape index (κ2) is 7.68. The number of rotatable bonds is 4. The van der Waals surface area contributed by atoms with Crippen LogP contribution in [0.1, 0.15) is 24.6 Å². The Morgan fingerprint density at radius 2 is 1.96 bits per heavy atom. The maximum absolute atomic E-state index is 11.6. The highest BCUT2D eigenvalue weighted by Crippen LogP contribution is 2.26. The van der Waals surface area contributed by atoms with Gasteiger partial charge in [0.15, 0.2) is 5.75 Å². The first-order valence-electron chi connectivity index (χ1n) is 7.80. The molecule has 3 rings (SSSR count). The minimum Gasteiger partial charge on any atom is -0.424 e. The molecule has 0 atom stereocenters. The maximum atomic E-state index is 11.6. The normalized spacial score (nSPS) is 11.2. The molecule has 0 aliphatic rings. The smallest absolute Gasteiger partial charge is 0.310 e. The molecule has 0 N–H and O–H groups in total. The van der Waals surface area contributed by atoms with E-state index in [-0.39, 0.29) is 5.97 Å². The second-order valence-corrected chi connectivity index (χ2v) is 6.23. The molecule has 1 heterocycles. The van der Waals surface area contributed by atoms with Crippen LogP contribution in [0, 0.1) is 0 Å². The molecule has 0 aliphatic heterocycles. The minimum absolute atomic E-state index is 0.289. The molecule has 3 aromatic rings. The fraction of sp³-hybridized carbons (Fsp3) is 0.100. The summed E-state index contributed by atoms with van der Waals surface area (Å²) in [6.07, 6.45) is 4.03. The second-order valence-electron chi connectivity index (χ2n) is 5.39. The number of fused-ring (bicyclic) bond motifs is 1. The minimum atomic E-state index is -0.289. The number of pyridine rings is 1. The van der Waals surface area contributed by atoms with Crippen molar-refractivity contribution in [2.24, 2.45) is 0 Å². The molecule has 0 aliphatic carbocycles. The van der Waals surface area contributed by atoms with Crippen molar-refractivity contribution in [2.45, 2.75) is 13.3 Å². The summed E-state index contributed by atoms with van der Waals surface area (Å²) < 4.78 is 5.37. The summed E-state index contributed by atoms with van der Waals surface area (Å²) in [5.41, 5.74) is 2.23. The summed E-state index contributed by atoms with van der Waals surface area (Å²) >= 11 is 12.1. The molecule has 5 heteroatoms. The Labute approximate surface area is 155 Å². The van der Waals surface area contributed by atoms with Gasteiger partial charge in [0, 0.05) is 21.9 Å². The van der Waals surface area contributed by atoms with Crippen LogP contribution in [-0.2, 0) is 4.79 Å². The number of carbonyl (C=O) groups excluding carboxylic acids is 1. The van der Waals surface area contributed by atoms with Crippen LogP contribution in [-0.4, -0.2) is 11.0 Å².